The van der Waals surface area contributed by atoms with Gasteiger partial charge in [-0.1, -0.05) is 11.6 Å². The molecular formula is C8H6ClN3. The van der Waals surface area contributed by atoms with E-state index in [1.165, 1.54) is 0 Å². The second-order valence-electron chi connectivity index (χ2n) is 2.33. The fourth-order valence-electron chi connectivity index (χ4n) is 0.992. The van der Waals surface area contributed by atoms with Gasteiger partial charge in [0.05, 0.1) is 16.9 Å². The van der Waals surface area contributed by atoms with Crippen molar-refractivity contribution in [1.29, 1.82) is 0 Å². The molecule has 0 spiro atoms. The molecule has 2 aromatic rings. The van der Waals surface area contributed by atoms with Crippen LogP contribution in [0.5, 0.6) is 0 Å². The van der Waals surface area contributed by atoms with Crippen LogP contribution in [0.15, 0.2) is 30.7 Å². The van der Waals surface area contributed by atoms with Crippen LogP contribution in [0.2, 0.25) is 5.02 Å². The van der Waals surface area contributed by atoms with Gasteiger partial charge in [0.25, 0.3) is 0 Å². The second-order valence-corrected chi connectivity index (χ2v) is 2.74. The van der Waals surface area contributed by atoms with Crippen molar-refractivity contribution in [2.24, 2.45) is 0 Å². The maximum atomic E-state index is 5.86. The molecule has 0 atom stereocenters. The topological polar surface area (TPSA) is 41.6 Å². The molecule has 1 N–H and O–H groups in total. The van der Waals surface area contributed by atoms with Crippen LogP contribution >= 0.6 is 11.6 Å². The third-order valence-corrected chi connectivity index (χ3v) is 1.85. The highest BCUT2D eigenvalue weighted by atomic mass is 35.5. The molecule has 0 saturated heterocycles. The molecule has 0 fully saturated rings. The molecular weight excluding hydrogens is 174 g/mol. The predicted molar refractivity (Wildman–Crippen MR) is 46.8 cm³/mol. The van der Waals surface area contributed by atoms with Gasteiger partial charge in [-0.3, -0.25) is 10.1 Å². The summed E-state index contributed by atoms with van der Waals surface area (Å²) in [7, 11) is 0. The van der Waals surface area contributed by atoms with Crippen LogP contribution in [0.3, 0.4) is 0 Å². The second kappa shape index (κ2) is 2.95. The molecule has 60 valence electrons. The lowest BCUT2D eigenvalue weighted by molar-refractivity contribution is 1.09. The number of rotatable bonds is 1. The van der Waals surface area contributed by atoms with Gasteiger partial charge in [-0.05, 0) is 12.1 Å². The van der Waals surface area contributed by atoms with Gasteiger partial charge >= 0.3 is 0 Å². The summed E-state index contributed by atoms with van der Waals surface area (Å²) in [6.45, 7) is 0. The highest BCUT2D eigenvalue weighted by molar-refractivity contribution is 6.32. The Kier molecular flexibility index (Phi) is 1.80. The first-order chi connectivity index (χ1) is 5.88. The van der Waals surface area contributed by atoms with Crippen molar-refractivity contribution in [3.8, 4) is 11.3 Å². The summed E-state index contributed by atoms with van der Waals surface area (Å²) in [5.74, 6) is 0. The van der Waals surface area contributed by atoms with Crippen LogP contribution in [0.4, 0.5) is 0 Å². The van der Waals surface area contributed by atoms with E-state index in [0.29, 0.717) is 5.02 Å². The Morgan fingerprint density at radius 3 is 2.58 bits per heavy atom. The maximum absolute atomic E-state index is 5.86. The lowest BCUT2D eigenvalue weighted by atomic mass is 10.2. The van der Waals surface area contributed by atoms with Gasteiger partial charge < -0.3 is 0 Å². The molecule has 3 nitrogen and oxygen atoms in total. The normalized spacial score (nSPS) is 10.1. The van der Waals surface area contributed by atoms with E-state index in [-0.39, 0.29) is 0 Å². The molecule has 0 saturated carbocycles. The largest absolute Gasteiger partial charge is 0.276 e. The molecule has 2 rings (SSSR count). The van der Waals surface area contributed by atoms with Crippen LogP contribution in [0.1, 0.15) is 0 Å². The number of hydrogen-bond donors (Lipinski definition) is 1. The first-order valence-electron chi connectivity index (χ1n) is 3.47. The van der Waals surface area contributed by atoms with Crippen molar-refractivity contribution >= 4 is 11.6 Å². The van der Waals surface area contributed by atoms with Gasteiger partial charge in [0.2, 0.25) is 0 Å². The highest BCUT2D eigenvalue weighted by Crippen LogP contribution is 2.23. The summed E-state index contributed by atoms with van der Waals surface area (Å²) in [5.41, 5.74) is 1.83. The summed E-state index contributed by atoms with van der Waals surface area (Å²) in [6, 6.07) is 3.75. The van der Waals surface area contributed by atoms with Crippen molar-refractivity contribution in [2.75, 3.05) is 0 Å². The minimum absolute atomic E-state index is 0.626. The maximum Gasteiger partial charge on any atom is 0.0862 e. The van der Waals surface area contributed by atoms with Crippen LogP contribution < -0.4 is 0 Å². The summed E-state index contributed by atoms with van der Waals surface area (Å²) >= 11 is 5.86. The van der Waals surface area contributed by atoms with Gasteiger partial charge in [0.1, 0.15) is 0 Å². The van der Waals surface area contributed by atoms with Crippen LogP contribution in [-0.4, -0.2) is 15.2 Å². The summed E-state index contributed by atoms with van der Waals surface area (Å²) < 4.78 is 0. The van der Waals surface area contributed by atoms with Gasteiger partial charge in [0, 0.05) is 18.0 Å². The minimum Gasteiger partial charge on any atom is -0.276 e. The SMILES string of the molecule is Clc1cn[nH]c1-c1ccncc1. The number of hydrogen-bond acceptors (Lipinski definition) is 2. The molecule has 4 heteroatoms. The lowest BCUT2D eigenvalue weighted by Crippen LogP contribution is -1.78. The van der Waals surface area contributed by atoms with E-state index in [1.807, 2.05) is 12.1 Å². The van der Waals surface area contributed by atoms with E-state index < -0.39 is 0 Å². The molecule has 12 heavy (non-hydrogen) atoms. The van der Waals surface area contributed by atoms with Gasteiger partial charge in [-0.25, -0.2) is 0 Å². The van der Waals surface area contributed by atoms with E-state index in [0.717, 1.165) is 11.3 Å². The first-order valence-corrected chi connectivity index (χ1v) is 3.85. The number of H-pyrrole nitrogens is 1. The Hall–Kier alpha value is -1.35. The van der Waals surface area contributed by atoms with E-state index in [9.17, 15) is 0 Å². The monoisotopic (exact) mass is 179 g/mol. The average Bonchev–Trinajstić information content (AvgIpc) is 2.53. The zero-order valence-corrected chi connectivity index (χ0v) is 6.92. The highest BCUT2D eigenvalue weighted by Gasteiger charge is 2.03. The number of aromatic amines is 1. The van der Waals surface area contributed by atoms with E-state index in [1.54, 1.807) is 18.6 Å². The van der Waals surface area contributed by atoms with Gasteiger partial charge in [-0.15, -0.1) is 0 Å². The fourth-order valence-corrected chi connectivity index (χ4v) is 1.19. The number of aromatic nitrogens is 3. The smallest absolute Gasteiger partial charge is 0.0862 e. The molecule has 0 aliphatic carbocycles. The zero-order valence-electron chi connectivity index (χ0n) is 6.16. The molecule has 0 aliphatic rings. The quantitative estimate of drug-likeness (QED) is 0.729. The Bertz CT molecular complexity index is 369. The standard InChI is InChI=1S/C8H6ClN3/c9-7-5-11-12-8(7)6-1-3-10-4-2-6/h1-5H,(H,11,12). The van der Waals surface area contributed by atoms with Crippen LogP contribution in [0.25, 0.3) is 11.3 Å². The van der Waals surface area contributed by atoms with Gasteiger partial charge in [-0.2, -0.15) is 5.10 Å². The molecule has 0 bridgehead atoms. The third-order valence-electron chi connectivity index (χ3n) is 1.56. The van der Waals surface area contributed by atoms with Crippen molar-refractivity contribution in [1.82, 2.24) is 15.2 Å². The van der Waals surface area contributed by atoms with Crippen molar-refractivity contribution in [2.45, 2.75) is 0 Å². The van der Waals surface area contributed by atoms with Crippen LogP contribution in [0, 0.1) is 0 Å². The van der Waals surface area contributed by atoms with E-state index in [2.05, 4.69) is 15.2 Å². The average molecular weight is 180 g/mol. The number of halogens is 1. The van der Waals surface area contributed by atoms with Crippen molar-refractivity contribution in [3.05, 3.63) is 35.7 Å². The molecule has 0 aromatic carbocycles. The Morgan fingerprint density at radius 2 is 2.00 bits per heavy atom. The third kappa shape index (κ3) is 1.19. The molecule has 0 radical (unpaired) electrons. The molecule has 2 aromatic heterocycles. The lowest BCUT2D eigenvalue weighted by Gasteiger charge is -1.95. The van der Waals surface area contributed by atoms with Crippen molar-refractivity contribution < 1.29 is 0 Å². The molecule has 0 unspecified atom stereocenters. The first kappa shape index (κ1) is 7.31. The zero-order chi connectivity index (χ0) is 8.39. The molecule has 0 amide bonds. The minimum atomic E-state index is 0.626. The number of pyridine rings is 1. The Labute approximate surface area is 74.4 Å². The van der Waals surface area contributed by atoms with Crippen LogP contribution in [-0.2, 0) is 0 Å². The predicted octanol–water partition coefficient (Wildman–Crippen LogP) is 2.13. The Balaban J connectivity index is 2.51. The fraction of sp³-hybridized carbons (Fsp3) is 0. The van der Waals surface area contributed by atoms with E-state index >= 15 is 0 Å². The molecule has 0 aliphatic heterocycles. The van der Waals surface area contributed by atoms with Gasteiger partial charge in [0.15, 0.2) is 0 Å². The number of nitrogens with one attached hydrogen (secondary N) is 1. The Morgan fingerprint density at radius 1 is 1.25 bits per heavy atom. The summed E-state index contributed by atoms with van der Waals surface area (Å²) in [6.07, 6.45) is 5.01. The summed E-state index contributed by atoms with van der Waals surface area (Å²) in [4.78, 5) is 3.91. The summed E-state index contributed by atoms with van der Waals surface area (Å²) in [5, 5.41) is 7.26. The number of nitrogens with zero attached hydrogens (tertiary/aromatic N) is 2. The molecule has 2 heterocycles. The van der Waals surface area contributed by atoms with Crippen molar-refractivity contribution in [3.63, 3.8) is 0 Å². The van der Waals surface area contributed by atoms with E-state index in [4.69, 9.17) is 11.6 Å².